The highest BCUT2D eigenvalue weighted by molar-refractivity contribution is 6.44. The number of aldehydes is 1. The number of amides is 2. The van der Waals surface area contributed by atoms with Gasteiger partial charge in [-0.3, -0.25) is 15.0 Å². The SMILES string of the molecule is N=C(C(N)=O)c1cc(C#Cc2ncccn2)ccc1NCC(=O)N1CCCC1C=O. The van der Waals surface area contributed by atoms with Gasteiger partial charge in [0.05, 0.1) is 12.6 Å². The van der Waals surface area contributed by atoms with E-state index >= 15 is 0 Å². The average Bonchev–Trinajstić information content (AvgIpc) is 3.25. The number of hydrogen-bond acceptors (Lipinski definition) is 7. The lowest BCUT2D eigenvalue weighted by Gasteiger charge is -2.21. The fourth-order valence-corrected chi connectivity index (χ4v) is 3.12. The third kappa shape index (κ3) is 4.86. The molecular weight excluding hydrogens is 384 g/mol. The molecule has 0 saturated carbocycles. The second kappa shape index (κ2) is 9.43. The topological polar surface area (TPSA) is 142 Å². The van der Waals surface area contributed by atoms with Crippen LogP contribution in [0.4, 0.5) is 5.69 Å². The van der Waals surface area contributed by atoms with Crippen molar-refractivity contribution in [1.82, 2.24) is 14.9 Å². The number of nitrogens with one attached hydrogen (secondary N) is 2. The predicted molar refractivity (Wildman–Crippen MR) is 110 cm³/mol. The summed E-state index contributed by atoms with van der Waals surface area (Å²) in [7, 11) is 0. The van der Waals surface area contributed by atoms with Crippen molar-refractivity contribution in [2.75, 3.05) is 18.4 Å². The van der Waals surface area contributed by atoms with Gasteiger partial charge in [0.15, 0.2) is 0 Å². The number of likely N-dealkylation sites (tertiary alicyclic amines) is 1. The number of nitrogens with zero attached hydrogens (tertiary/aromatic N) is 3. The van der Waals surface area contributed by atoms with E-state index < -0.39 is 17.7 Å². The number of aromatic nitrogens is 2. The zero-order chi connectivity index (χ0) is 21.5. The van der Waals surface area contributed by atoms with Gasteiger partial charge in [-0.1, -0.05) is 5.92 Å². The minimum absolute atomic E-state index is 0.0771. The quantitative estimate of drug-likeness (QED) is 0.360. The number of carbonyl (C=O) groups is 3. The van der Waals surface area contributed by atoms with E-state index in [-0.39, 0.29) is 18.0 Å². The molecule has 9 nitrogen and oxygen atoms in total. The first-order valence-electron chi connectivity index (χ1n) is 9.30. The van der Waals surface area contributed by atoms with Gasteiger partial charge in [-0.15, -0.1) is 0 Å². The van der Waals surface area contributed by atoms with Gasteiger partial charge in [0, 0.05) is 35.8 Å². The summed E-state index contributed by atoms with van der Waals surface area (Å²) < 4.78 is 0. The van der Waals surface area contributed by atoms with Crippen LogP contribution in [0.3, 0.4) is 0 Å². The standard InChI is InChI=1S/C21H20N6O3/c22-20(21(23)30)16-11-14(5-7-18-24-8-2-9-25-18)4-6-17(16)26-12-19(29)27-10-1-3-15(27)13-28/h2,4,6,8-9,11,13,15,22,26H,1,3,10,12H2,(H2,23,30). The lowest BCUT2D eigenvalue weighted by Crippen LogP contribution is -2.40. The summed E-state index contributed by atoms with van der Waals surface area (Å²) in [4.78, 5) is 44.7. The minimum atomic E-state index is -0.901. The summed E-state index contributed by atoms with van der Waals surface area (Å²) >= 11 is 0. The Morgan fingerprint density at radius 3 is 2.77 bits per heavy atom. The summed E-state index contributed by atoms with van der Waals surface area (Å²) in [5.74, 6) is 4.89. The van der Waals surface area contributed by atoms with Crippen molar-refractivity contribution in [2.24, 2.45) is 5.73 Å². The average molecular weight is 404 g/mol. The number of anilines is 1. The number of nitrogens with two attached hydrogens (primary N) is 1. The van der Waals surface area contributed by atoms with E-state index in [1.54, 1.807) is 36.7 Å². The zero-order valence-electron chi connectivity index (χ0n) is 16.1. The van der Waals surface area contributed by atoms with Crippen LogP contribution in [0.5, 0.6) is 0 Å². The fraction of sp³-hybridized carbons (Fsp3) is 0.238. The molecule has 9 heteroatoms. The van der Waals surface area contributed by atoms with Crippen molar-refractivity contribution < 1.29 is 14.4 Å². The highest BCUT2D eigenvalue weighted by atomic mass is 16.2. The molecule has 1 fully saturated rings. The number of hydrogen-bond donors (Lipinski definition) is 3. The monoisotopic (exact) mass is 404 g/mol. The fourth-order valence-electron chi connectivity index (χ4n) is 3.12. The molecule has 1 aromatic heterocycles. The highest BCUT2D eigenvalue weighted by Crippen LogP contribution is 2.20. The first-order chi connectivity index (χ1) is 14.5. The van der Waals surface area contributed by atoms with Crippen LogP contribution < -0.4 is 11.1 Å². The van der Waals surface area contributed by atoms with E-state index in [0.29, 0.717) is 30.0 Å². The van der Waals surface area contributed by atoms with Gasteiger partial charge in [-0.05, 0) is 43.0 Å². The van der Waals surface area contributed by atoms with Crippen LogP contribution in [0.15, 0.2) is 36.7 Å². The molecule has 1 unspecified atom stereocenters. The Balaban J connectivity index is 1.80. The van der Waals surface area contributed by atoms with Crippen LogP contribution in [0, 0.1) is 17.3 Å². The second-order valence-electron chi connectivity index (χ2n) is 6.61. The number of primary amides is 1. The predicted octanol–water partition coefficient (Wildman–Crippen LogP) is 0.331. The lowest BCUT2D eigenvalue weighted by molar-refractivity contribution is -0.132. The molecule has 1 aliphatic rings. The van der Waals surface area contributed by atoms with Crippen molar-refractivity contribution in [1.29, 1.82) is 5.41 Å². The maximum atomic E-state index is 12.5. The Bertz CT molecular complexity index is 1040. The molecular formula is C21H20N6O3. The van der Waals surface area contributed by atoms with Crippen molar-refractivity contribution >= 4 is 29.5 Å². The third-order valence-electron chi connectivity index (χ3n) is 4.63. The maximum absolute atomic E-state index is 12.5. The molecule has 1 aliphatic heterocycles. The van der Waals surface area contributed by atoms with Crippen molar-refractivity contribution in [3.63, 3.8) is 0 Å². The van der Waals surface area contributed by atoms with Crippen LogP contribution in [0.2, 0.25) is 0 Å². The molecule has 4 N–H and O–H groups in total. The van der Waals surface area contributed by atoms with Gasteiger partial charge in [0.2, 0.25) is 11.7 Å². The Hall–Kier alpha value is -4.06. The Morgan fingerprint density at radius 1 is 1.30 bits per heavy atom. The molecule has 1 saturated heterocycles. The lowest BCUT2D eigenvalue weighted by atomic mass is 10.0. The molecule has 3 rings (SSSR count). The number of benzene rings is 1. The second-order valence-corrected chi connectivity index (χ2v) is 6.61. The van der Waals surface area contributed by atoms with Crippen molar-refractivity contribution in [3.8, 4) is 11.8 Å². The Labute approximate surface area is 173 Å². The van der Waals surface area contributed by atoms with E-state index in [4.69, 9.17) is 11.1 Å². The summed E-state index contributed by atoms with van der Waals surface area (Å²) in [5.41, 5.74) is 6.03. The minimum Gasteiger partial charge on any atom is -0.376 e. The van der Waals surface area contributed by atoms with E-state index in [2.05, 4.69) is 27.1 Å². The molecule has 0 radical (unpaired) electrons. The van der Waals surface area contributed by atoms with Crippen LogP contribution >= 0.6 is 0 Å². The molecule has 0 bridgehead atoms. The van der Waals surface area contributed by atoms with Crippen LogP contribution in [-0.2, 0) is 14.4 Å². The molecule has 2 aromatic rings. The highest BCUT2D eigenvalue weighted by Gasteiger charge is 2.28. The number of rotatable bonds is 6. The molecule has 1 atom stereocenters. The summed E-state index contributed by atoms with van der Waals surface area (Å²) in [5, 5.41) is 10.9. The first kappa shape index (κ1) is 20.7. The van der Waals surface area contributed by atoms with Gasteiger partial charge < -0.3 is 20.7 Å². The summed E-state index contributed by atoms with van der Waals surface area (Å²) in [6.07, 6.45) is 5.37. The van der Waals surface area contributed by atoms with Crippen molar-refractivity contribution in [3.05, 3.63) is 53.6 Å². The Kier molecular flexibility index (Phi) is 6.49. The molecule has 30 heavy (non-hydrogen) atoms. The Morgan fingerprint density at radius 2 is 2.07 bits per heavy atom. The largest absolute Gasteiger partial charge is 0.376 e. The van der Waals surface area contributed by atoms with Gasteiger partial charge in [-0.2, -0.15) is 0 Å². The van der Waals surface area contributed by atoms with Gasteiger partial charge >= 0.3 is 0 Å². The van der Waals surface area contributed by atoms with Gasteiger partial charge in [0.25, 0.3) is 5.91 Å². The van der Waals surface area contributed by atoms with E-state index in [0.717, 1.165) is 12.7 Å². The molecule has 0 spiro atoms. The van der Waals surface area contributed by atoms with E-state index in [1.165, 1.54) is 4.90 Å². The maximum Gasteiger partial charge on any atom is 0.267 e. The van der Waals surface area contributed by atoms with E-state index in [9.17, 15) is 14.4 Å². The van der Waals surface area contributed by atoms with Crippen LogP contribution in [0.1, 0.15) is 29.8 Å². The van der Waals surface area contributed by atoms with Crippen LogP contribution in [0.25, 0.3) is 0 Å². The third-order valence-corrected chi connectivity index (χ3v) is 4.63. The zero-order valence-corrected chi connectivity index (χ0v) is 16.1. The van der Waals surface area contributed by atoms with Crippen LogP contribution in [-0.4, -0.2) is 57.8 Å². The first-order valence-corrected chi connectivity index (χ1v) is 9.30. The van der Waals surface area contributed by atoms with Gasteiger partial charge in [0.1, 0.15) is 12.0 Å². The van der Waals surface area contributed by atoms with E-state index in [1.807, 2.05) is 0 Å². The van der Waals surface area contributed by atoms with Gasteiger partial charge in [-0.25, -0.2) is 9.97 Å². The normalized spacial score (nSPS) is 15.1. The molecule has 0 aliphatic carbocycles. The molecule has 152 valence electrons. The van der Waals surface area contributed by atoms with Crippen molar-refractivity contribution in [2.45, 2.75) is 18.9 Å². The number of carbonyl (C=O) groups excluding carboxylic acids is 3. The summed E-state index contributed by atoms with van der Waals surface area (Å²) in [6, 6.07) is 6.13. The molecule has 2 amide bonds. The molecule has 2 heterocycles. The smallest absolute Gasteiger partial charge is 0.267 e. The summed E-state index contributed by atoms with van der Waals surface area (Å²) in [6.45, 7) is 0.455. The molecule has 1 aromatic carbocycles.